The van der Waals surface area contributed by atoms with E-state index in [-0.39, 0.29) is 4.75 Å². The van der Waals surface area contributed by atoms with Crippen molar-refractivity contribution in [1.82, 2.24) is 15.2 Å². The molecule has 1 aliphatic rings. The van der Waals surface area contributed by atoms with Gasteiger partial charge in [0.2, 0.25) is 5.89 Å². The molecule has 5 nitrogen and oxygen atoms in total. The van der Waals surface area contributed by atoms with Gasteiger partial charge in [0.15, 0.2) is 11.7 Å². The Morgan fingerprint density at radius 2 is 2.12 bits per heavy atom. The summed E-state index contributed by atoms with van der Waals surface area (Å²) in [5.74, 6) is 3.48. The van der Waals surface area contributed by atoms with E-state index in [4.69, 9.17) is 4.42 Å². The van der Waals surface area contributed by atoms with Crippen molar-refractivity contribution < 1.29 is 4.42 Å². The third-order valence-corrected chi connectivity index (χ3v) is 5.52. The summed E-state index contributed by atoms with van der Waals surface area (Å²) in [7, 11) is 1.82. The Balaban J connectivity index is 1.62. The number of aliphatic imine (C=N–C) groups is 1. The number of oxazole rings is 1. The van der Waals surface area contributed by atoms with E-state index in [9.17, 15) is 0 Å². The highest BCUT2D eigenvalue weighted by Gasteiger charge is 2.28. The van der Waals surface area contributed by atoms with Crippen molar-refractivity contribution >= 4 is 17.7 Å². The second kappa shape index (κ2) is 7.52. The Hall–Kier alpha value is -1.95. The van der Waals surface area contributed by atoms with Gasteiger partial charge in [0.05, 0.1) is 12.7 Å². The number of rotatable bonds is 3. The second-order valence-electron chi connectivity index (χ2n) is 6.91. The molecule has 0 spiro atoms. The van der Waals surface area contributed by atoms with Crippen molar-refractivity contribution in [3.05, 3.63) is 41.9 Å². The van der Waals surface area contributed by atoms with Crippen molar-refractivity contribution in [2.75, 3.05) is 25.9 Å². The van der Waals surface area contributed by atoms with Gasteiger partial charge in [0, 0.05) is 36.2 Å². The third kappa shape index (κ3) is 4.57. The molecule has 0 saturated carbocycles. The Bertz CT molecular complexity index is 736. The molecule has 1 fully saturated rings. The monoisotopic (exact) mass is 358 g/mol. The average molecular weight is 359 g/mol. The average Bonchev–Trinajstić information content (AvgIpc) is 3.04. The van der Waals surface area contributed by atoms with Crippen LogP contribution in [-0.4, -0.2) is 46.5 Å². The van der Waals surface area contributed by atoms with Crippen molar-refractivity contribution in [2.24, 2.45) is 4.99 Å². The lowest BCUT2D eigenvalue weighted by molar-refractivity contribution is 0.372. The number of nitrogens with one attached hydrogen (secondary N) is 1. The highest BCUT2D eigenvalue weighted by molar-refractivity contribution is 8.00. The number of nitrogens with zero attached hydrogens (tertiary/aromatic N) is 3. The molecule has 3 rings (SSSR count). The van der Waals surface area contributed by atoms with Gasteiger partial charge in [-0.25, -0.2) is 4.98 Å². The van der Waals surface area contributed by atoms with E-state index in [2.05, 4.69) is 65.2 Å². The van der Waals surface area contributed by atoms with Crippen LogP contribution in [0.5, 0.6) is 0 Å². The SMILES string of the molecule is CN=C(NCc1ncc(-c2ccc(C)cc2)o1)N1CCSC(C)(C)C1. The highest BCUT2D eigenvalue weighted by Crippen LogP contribution is 2.29. The molecule has 0 aliphatic carbocycles. The largest absolute Gasteiger partial charge is 0.439 e. The zero-order valence-electron chi connectivity index (χ0n) is 15.4. The summed E-state index contributed by atoms with van der Waals surface area (Å²) in [5.41, 5.74) is 2.28. The maximum atomic E-state index is 5.88. The van der Waals surface area contributed by atoms with Gasteiger partial charge in [-0.1, -0.05) is 29.8 Å². The molecule has 134 valence electrons. The minimum absolute atomic E-state index is 0.247. The molecule has 2 aromatic rings. The molecule has 0 unspecified atom stereocenters. The van der Waals surface area contributed by atoms with Gasteiger partial charge in [-0.2, -0.15) is 11.8 Å². The minimum atomic E-state index is 0.247. The maximum Gasteiger partial charge on any atom is 0.214 e. The number of thioether (sulfide) groups is 1. The lowest BCUT2D eigenvalue weighted by Crippen LogP contribution is -2.50. The molecule has 1 N–H and O–H groups in total. The Morgan fingerprint density at radius 1 is 1.36 bits per heavy atom. The first kappa shape index (κ1) is 17.9. The standard InChI is InChI=1S/C19H26N4OS/c1-14-5-7-15(8-6-14)16-11-21-17(24-16)12-22-18(20-4)23-9-10-25-19(2,3)13-23/h5-8,11H,9-10,12-13H2,1-4H3,(H,20,22). The summed E-state index contributed by atoms with van der Waals surface area (Å²) in [5, 5.41) is 3.38. The minimum Gasteiger partial charge on any atom is -0.439 e. The number of hydrogen-bond acceptors (Lipinski definition) is 4. The van der Waals surface area contributed by atoms with E-state index in [1.807, 2.05) is 18.8 Å². The van der Waals surface area contributed by atoms with E-state index in [1.165, 1.54) is 5.56 Å². The first-order valence-corrected chi connectivity index (χ1v) is 9.57. The van der Waals surface area contributed by atoms with Crippen LogP contribution in [0.4, 0.5) is 0 Å². The summed E-state index contributed by atoms with van der Waals surface area (Å²) in [4.78, 5) is 11.1. The highest BCUT2D eigenvalue weighted by atomic mass is 32.2. The molecule has 1 aromatic heterocycles. The van der Waals surface area contributed by atoms with E-state index >= 15 is 0 Å². The van der Waals surface area contributed by atoms with Crippen LogP contribution in [0.3, 0.4) is 0 Å². The first-order valence-electron chi connectivity index (χ1n) is 8.58. The van der Waals surface area contributed by atoms with Crippen molar-refractivity contribution in [1.29, 1.82) is 0 Å². The molecular weight excluding hydrogens is 332 g/mol. The van der Waals surface area contributed by atoms with Gasteiger partial charge in [0.25, 0.3) is 0 Å². The number of aryl methyl sites for hydroxylation is 1. The van der Waals surface area contributed by atoms with E-state index in [0.717, 1.165) is 36.1 Å². The lowest BCUT2D eigenvalue weighted by Gasteiger charge is -2.39. The molecule has 1 aliphatic heterocycles. The third-order valence-electron chi connectivity index (χ3n) is 4.22. The number of aromatic nitrogens is 1. The number of benzene rings is 1. The van der Waals surface area contributed by atoms with Crippen LogP contribution in [0.25, 0.3) is 11.3 Å². The zero-order chi connectivity index (χ0) is 17.9. The molecule has 0 amide bonds. The normalized spacial score (nSPS) is 17.6. The predicted molar refractivity (Wildman–Crippen MR) is 105 cm³/mol. The Morgan fingerprint density at radius 3 is 2.80 bits per heavy atom. The van der Waals surface area contributed by atoms with Crippen molar-refractivity contribution in [2.45, 2.75) is 32.1 Å². The van der Waals surface area contributed by atoms with Crippen LogP contribution < -0.4 is 5.32 Å². The fourth-order valence-corrected chi connectivity index (χ4v) is 4.04. The molecule has 2 heterocycles. The van der Waals surface area contributed by atoms with Gasteiger partial charge in [0.1, 0.15) is 0 Å². The van der Waals surface area contributed by atoms with Crippen molar-refractivity contribution in [3.8, 4) is 11.3 Å². The zero-order valence-corrected chi connectivity index (χ0v) is 16.2. The van der Waals surface area contributed by atoms with Gasteiger partial charge in [-0.05, 0) is 20.8 Å². The van der Waals surface area contributed by atoms with Crippen LogP contribution in [0, 0.1) is 6.92 Å². The van der Waals surface area contributed by atoms with Gasteiger partial charge in [-0.3, -0.25) is 4.99 Å². The molecule has 6 heteroatoms. The predicted octanol–water partition coefficient (Wildman–Crippen LogP) is 3.55. The van der Waals surface area contributed by atoms with Crippen LogP contribution in [0.1, 0.15) is 25.3 Å². The first-order chi connectivity index (χ1) is 12.0. The molecule has 1 aromatic carbocycles. The van der Waals surface area contributed by atoms with Gasteiger partial charge < -0.3 is 14.6 Å². The Labute approximate surface area is 153 Å². The smallest absolute Gasteiger partial charge is 0.214 e. The molecule has 0 atom stereocenters. The van der Waals surface area contributed by atoms with E-state index in [1.54, 1.807) is 6.20 Å². The maximum absolute atomic E-state index is 5.88. The lowest BCUT2D eigenvalue weighted by atomic mass is 10.1. The second-order valence-corrected chi connectivity index (χ2v) is 8.72. The molecule has 0 radical (unpaired) electrons. The fourth-order valence-electron chi connectivity index (χ4n) is 2.93. The quantitative estimate of drug-likeness (QED) is 0.672. The van der Waals surface area contributed by atoms with Crippen LogP contribution in [0.15, 0.2) is 39.9 Å². The number of guanidine groups is 1. The molecule has 0 bridgehead atoms. The van der Waals surface area contributed by atoms with Crippen molar-refractivity contribution in [3.63, 3.8) is 0 Å². The topological polar surface area (TPSA) is 53.7 Å². The van der Waals surface area contributed by atoms with Gasteiger partial charge in [-0.15, -0.1) is 0 Å². The summed E-state index contributed by atoms with van der Waals surface area (Å²) in [6.45, 7) is 9.15. The summed E-state index contributed by atoms with van der Waals surface area (Å²) >= 11 is 2.01. The summed E-state index contributed by atoms with van der Waals surface area (Å²) in [6.07, 6.45) is 1.78. The van der Waals surface area contributed by atoms with Gasteiger partial charge >= 0.3 is 0 Å². The number of hydrogen-bond donors (Lipinski definition) is 1. The fraction of sp³-hybridized carbons (Fsp3) is 0.474. The van der Waals surface area contributed by atoms with Crippen LogP contribution in [0.2, 0.25) is 0 Å². The Kier molecular flexibility index (Phi) is 5.37. The molecule has 25 heavy (non-hydrogen) atoms. The summed E-state index contributed by atoms with van der Waals surface area (Å²) < 4.78 is 6.13. The van der Waals surface area contributed by atoms with Crippen LogP contribution in [-0.2, 0) is 6.54 Å². The van der Waals surface area contributed by atoms with E-state index in [0.29, 0.717) is 12.4 Å². The summed E-state index contributed by atoms with van der Waals surface area (Å²) in [6, 6.07) is 8.26. The van der Waals surface area contributed by atoms with E-state index < -0.39 is 0 Å². The van der Waals surface area contributed by atoms with Crippen LogP contribution >= 0.6 is 11.8 Å². The molecule has 1 saturated heterocycles. The molecular formula is C19H26N4OS.